The first-order chi connectivity index (χ1) is 16.3. The number of hydrogen-bond donors (Lipinski definition) is 1. The Morgan fingerprint density at radius 1 is 0.909 bits per heavy atom. The van der Waals surface area contributed by atoms with E-state index < -0.39 is 0 Å². The second kappa shape index (κ2) is 7.67. The fourth-order valence-corrected chi connectivity index (χ4v) is 4.58. The van der Waals surface area contributed by atoms with Gasteiger partial charge in [-0.2, -0.15) is 4.68 Å². The van der Waals surface area contributed by atoms with Gasteiger partial charge in [-0.25, -0.2) is 0 Å². The highest BCUT2D eigenvalue weighted by Crippen LogP contribution is 2.51. The maximum Gasteiger partial charge on any atom is 0.248 e. The molecule has 0 radical (unpaired) electrons. The van der Waals surface area contributed by atoms with Crippen molar-refractivity contribution in [3.63, 3.8) is 0 Å². The molecule has 0 saturated carbocycles. The molecule has 4 aromatic rings. The summed E-state index contributed by atoms with van der Waals surface area (Å²) in [5.74, 6) is 2.90. The normalized spacial score (nSPS) is 18.4. The molecule has 0 unspecified atom stereocenters. The summed E-state index contributed by atoms with van der Waals surface area (Å²) in [5.41, 5.74) is 4.85. The standard InChI is InChI=1S/C25H21N5O3/c1-31-16-13-11-15(12-14-16)24-21-22(17-7-3-6-10-20(17)33-24)26-25-27-28-29-30(25)23(21)18-8-4-5-9-19(18)32-2/h3-14,23-24H,1-2H3,(H,26,27,29)/t23-,24-/m0/s1. The lowest BCUT2D eigenvalue weighted by atomic mass is 9.84. The fourth-order valence-electron chi connectivity index (χ4n) is 4.58. The Bertz CT molecular complexity index is 1360. The summed E-state index contributed by atoms with van der Waals surface area (Å²) >= 11 is 0. The van der Waals surface area contributed by atoms with Gasteiger partial charge in [0.1, 0.15) is 29.4 Å². The van der Waals surface area contributed by atoms with Gasteiger partial charge >= 0.3 is 0 Å². The van der Waals surface area contributed by atoms with Crippen molar-refractivity contribution in [1.29, 1.82) is 0 Å². The van der Waals surface area contributed by atoms with E-state index in [2.05, 4.69) is 20.8 Å². The van der Waals surface area contributed by atoms with E-state index in [9.17, 15) is 0 Å². The molecule has 0 spiro atoms. The molecule has 6 rings (SSSR count). The Balaban J connectivity index is 1.62. The monoisotopic (exact) mass is 439 g/mol. The van der Waals surface area contributed by atoms with Crippen molar-refractivity contribution in [2.75, 3.05) is 19.5 Å². The van der Waals surface area contributed by atoms with Gasteiger partial charge in [-0.15, -0.1) is 0 Å². The number of benzene rings is 3. The summed E-state index contributed by atoms with van der Waals surface area (Å²) in [7, 11) is 3.33. The van der Waals surface area contributed by atoms with Gasteiger partial charge in [-0.05, 0) is 46.3 Å². The molecule has 3 heterocycles. The number of fused-ring (bicyclic) bond motifs is 3. The van der Waals surface area contributed by atoms with E-state index in [4.69, 9.17) is 14.2 Å². The van der Waals surface area contributed by atoms with Gasteiger partial charge in [-0.3, -0.25) is 0 Å². The SMILES string of the molecule is COc1ccc([C@@H]2Oc3ccccc3C3=C2[C@H](c2ccccc2OC)n2nnnc2N3)cc1. The number of hydrogen-bond acceptors (Lipinski definition) is 7. The van der Waals surface area contributed by atoms with E-state index in [1.807, 2.05) is 72.8 Å². The van der Waals surface area contributed by atoms with Crippen LogP contribution in [0.15, 0.2) is 78.4 Å². The van der Waals surface area contributed by atoms with Crippen molar-refractivity contribution in [3.05, 3.63) is 95.1 Å². The highest BCUT2D eigenvalue weighted by Gasteiger charge is 2.42. The van der Waals surface area contributed by atoms with Crippen LogP contribution < -0.4 is 19.5 Å². The zero-order valence-electron chi connectivity index (χ0n) is 18.1. The second-order valence-corrected chi connectivity index (χ2v) is 7.81. The number of tetrazole rings is 1. The van der Waals surface area contributed by atoms with Gasteiger partial charge in [0, 0.05) is 16.7 Å². The van der Waals surface area contributed by atoms with Crippen molar-refractivity contribution in [3.8, 4) is 17.2 Å². The quantitative estimate of drug-likeness (QED) is 0.509. The van der Waals surface area contributed by atoms with Crippen LogP contribution >= 0.6 is 0 Å². The topological polar surface area (TPSA) is 83.3 Å². The minimum Gasteiger partial charge on any atom is -0.497 e. The minimum atomic E-state index is -0.374. The lowest BCUT2D eigenvalue weighted by Gasteiger charge is -2.38. The van der Waals surface area contributed by atoms with Crippen molar-refractivity contribution in [2.24, 2.45) is 0 Å². The van der Waals surface area contributed by atoms with Crippen LogP contribution in [-0.2, 0) is 0 Å². The van der Waals surface area contributed by atoms with Gasteiger partial charge in [0.2, 0.25) is 5.95 Å². The molecule has 0 amide bonds. The molecule has 2 atom stereocenters. The maximum atomic E-state index is 6.62. The highest BCUT2D eigenvalue weighted by atomic mass is 16.5. The molecule has 0 fully saturated rings. The number of ether oxygens (including phenoxy) is 3. The Labute approximate surface area is 190 Å². The van der Waals surface area contributed by atoms with E-state index >= 15 is 0 Å². The first kappa shape index (κ1) is 19.4. The van der Waals surface area contributed by atoms with Gasteiger partial charge in [0.25, 0.3) is 0 Å². The molecule has 8 heteroatoms. The number of anilines is 1. The Kier molecular flexibility index (Phi) is 4.50. The van der Waals surface area contributed by atoms with E-state index in [0.717, 1.165) is 45.2 Å². The highest BCUT2D eigenvalue weighted by molar-refractivity contribution is 5.85. The summed E-state index contributed by atoms with van der Waals surface area (Å²) < 4.78 is 19.5. The number of aromatic nitrogens is 4. The first-order valence-corrected chi connectivity index (χ1v) is 10.6. The molecule has 2 aliphatic rings. The maximum absolute atomic E-state index is 6.62. The summed E-state index contributed by atoms with van der Waals surface area (Å²) in [4.78, 5) is 0. The molecule has 0 saturated heterocycles. The van der Waals surface area contributed by atoms with Crippen LogP contribution in [0.4, 0.5) is 5.95 Å². The molecule has 164 valence electrons. The molecule has 0 bridgehead atoms. The van der Waals surface area contributed by atoms with Crippen molar-refractivity contribution >= 4 is 11.6 Å². The second-order valence-electron chi connectivity index (χ2n) is 7.81. The van der Waals surface area contributed by atoms with Crippen LogP contribution in [0.5, 0.6) is 17.2 Å². The van der Waals surface area contributed by atoms with Crippen LogP contribution in [0.25, 0.3) is 5.70 Å². The van der Waals surface area contributed by atoms with E-state index in [1.54, 1.807) is 18.9 Å². The Morgan fingerprint density at radius 2 is 1.70 bits per heavy atom. The third kappa shape index (κ3) is 3.02. The third-order valence-corrected chi connectivity index (χ3v) is 6.09. The van der Waals surface area contributed by atoms with Gasteiger partial charge in [0.05, 0.1) is 19.9 Å². The predicted octanol–water partition coefficient (Wildman–Crippen LogP) is 4.25. The molecule has 3 aromatic carbocycles. The van der Waals surface area contributed by atoms with E-state index in [-0.39, 0.29) is 12.1 Å². The molecule has 1 N–H and O–H groups in total. The summed E-state index contributed by atoms with van der Waals surface area (Å²) in [6.07, 6.45) is -0.374. The molecular weight excluding hydrogens is 418 g/mol. The van der Waals surface area contributed by atoms with E-state index in [1.165, 1.54) is 0 Å². The lowest BCUT2D eigenvalue weighted by molar-refractivity contribution is 0.222. The van der Waals surface area contributed by atoms with Crippen LogP contribution in [0.2, 0.25) is 0 Å². The number of rotatable bonds is 4. The van der Waals surface area contributed by atoms with E-state index in [0.29, 0.717) is 5.95 Å². The average molecular weight is 439 g/mol. The molecule has 1 aromatic heterocycles. The van der Waals surface area contributed by atoms with Gasteiger partial charge in [-0.1, -0.05) is 47.6 Å². The Hall–Kier alpha value is -4.33. The number of nitrogens with one attached hydrogen (secondary N) is 1. The zero-order valence-corrected chi connectivity index (χ0v) is 18.1. The fraction of sp³-hybridized carbons (Fsp3) is 0.160. The van der Waals surface area contributed by atoms with Crippen LogP contribution in [0.1, 0.15) is 28.8 Å². The number of para-hydroxylation sites is 2. The molecular formula is C25H21N5O3. The zero-order chi connectivity index (χ0) is 22.4. The smallest absolute Gasteiger partial charge is 0.248 e. The van der Waals surface area contributed by atoms with Crippen molar-refractivity contribution in [2.45, 2.75) is 12.1 Å². The number of methoxy groups -OCH3 is 2. The average Bonchev–Trinajstić information content (AvgIpc) is 3.35. The number of nitrogens with zero attached hydrogens (tertiary/aromatic N) is 4. The third-order valence-electron chi connectivity index (χ3n) is 6.09. The van der Waals surface area contributed by atoms with Crippen molar-refractivity contribution < 1.29 is 14.2 Å². The Morgan fingerprint density at radius 3 is 2.52 bits per heavy atom. The first-order valence-electron chi connectivity index (χ1n) is 10.6. The molecule has 33 heavy (non-hydrogen) atoms. The minimum absolute atomic E-state index is 0.331. The van der Waals surface area contributed by atoms with Gasteiger partial charge in [0.15, 0.2) is 0 Å². The van der Waals surface area contributed by atoms with Gasteiger partial charge < -0.3 is 19.5 Å². The summed E-state index contributed by atoms with van der Waals surface area (Å²) in [5, 5.41) is 16.0. The molecule has 2 aliphatic heterocycles. The van der Waals surface area contributed by atoms with Crippen LogP contribution in [0.3, 0.4) is 0 Å². The lowest BCUT2D eigenvalue weighted by Crippen LogP contribution is -2.32. The predicted molar refractivity (Wildman–Crippen MR) is 122 cm³/mol. The summed E-state index contributed by atoms with van der Waals surface area (Å²) in [6, 6.07) is 23.5. The summed E-state index contributed by atoms with van der Waals surface area (Å²) in [6.45, 7) is 0. The molecule has 0 aliphatic carbocycles. The largest absolute Gasteiger partial charge is 0.497 e. The van der Waals surface area contributed by atoms with Crippen LogP contribution in [-0.4, -0.2) is 34.4 Å². The van der Waals surface area contributed by atoms with Crippen molar-refractivity contribution in [1.82, 2.24) is 20.2 Å². The molecule has 8 nitrogen and oxygen atoms in total. The van der Waals surface area contributed by atoms with Crippen LogP contribution in [0, 0.1) is 0 Å².